The molecule has 0 N–H and O–H groups in total. The van der Waals surface area contributed by atoms with E-state index >= 15 is 0 Å². The van der Waals surface area contributed by atoms with Crippen LogP contribution in [-0.4, -0.2) is 6.61 Å². The van der Waals surface area contributed by atoms with Gasteiger partial charge in [0.15, 0.2) is 0 Å². The Morgan fingerprint density at radius 1 is 1.32 bits per heavy atom. The predicted octanol–water partition coefficient (Wildman–Crippen LogP) is 5.94. The van der Waals surface area contributed by atoms with Crippen molar-refractivity contribution in [2.45, 2.75) is 25.6 Å². The van der Waals surface area contributed by atoms with Gasteiger partial charge in [-0.3, -0.25) is 0 Å². The lowest BCUT2D eigenvalue weighted by Crippen LogP contribution is -1.97. The molecular weight excluding hydrogens is 344 g/mol. The molecule has 1 atom stereocenters. The molecule has 0 aliphatic rings. The third kappa shape index (κ3) is 3.74. The van der Waals surface area contributed by atoms with Crippen molar-refractivity contribution >= 4 is 38.9 Å². The Morgan fingerprint density at radius 3 is 2.68 bits per heavy atom. The van der Waals surface area contributed by atoms with Crippen LogP contribution in [0.2, 0.25) is 0 Å². The van der Waals surface area contributed by atoms with Gasteiger partial charge in [0.1, 0.15) is 5.75 Å². The van der Waals surface area contributed by atoms with Crippen molar-refractivity contribution in [3.8, 4) is 5.75 Å². The van der Waals surface area contributed by atoms with E-state index in [9.17, 15) is 0 Å². The Morgan fingerprint density at radius 2 is 2.11 bits per heavy atom. The van der Waals surface area contributed by atoms with Crippen LogP contribution in [0.5, 0.6) is 5.75 Å². The van der Waals surface area contributed by atoms with Gasteiger partial charge in [-0.2, -0.15) is 0 Å². The van der Waals surface area contributed by atoms with Crippen LogP contribution in [0.25, 0.3) is 0 Å². The van der Waals surface area contributed by atoms with E-state index in [4.69, 9.17) is 16.3 Å². The van der Waals surface area contributed by atoms with Gasteiger partial charge in [0, 0.05) is 9.75 Å². The summed E-state index contributed by atoms with van der Waals surface area (Å²) in [7, 11) is 0. The van der Waals surface area contributed by atoms with E-state index in [0.717, 1.165) is 28.8 Å². The first kappa shape index (κ1) is 14.9. The minimum atomic E-state index is -0.102. The number of thiophene rings is 1. The molecular formula is C15H16BrClOS. The molecule has 102 valence electrons. The first-order chi connectivity index (χ1) is 9.11. The average molecular weight is 360 g/mol. The molecule has 1 aromatic heterocycles. The van der Waals surface area contributed by atoms with E-state index in [1.807, 2.05) is 18.2 Å². The fourth-order valence-corrected chi connectivity index (χ4v) is 3.49. The lowest BCUT2D eigenvalue weighted by molar-refractivity contribution is 0.315. The van der Waals surface area contributed by atoms with Crippen LogP contribution in [0, 0.1) is 6.92 Å². The van der Waals surface area contributed by atoms with Crippen LogP contribution in [0.1, 0.15) is 34.0 Å². The van der Waals surface area contributed by atoms with Gasteiger partial charge in [0.25, 0.3) is 0 Å². The molecule has 0 saturated heterocycles. The highest BCUT2D eigenvalue weighted by molar-refractivity contribution is 9.10. The van der Waals surface area contributed by atoms with Gasteiger partial charge in [-0.1, -0.05) is 13.0 Å². The summed E-state index contributed by atoms with van der Waals surface area (Å²) in [4.78, 5) is 2.45. The third-order valence-corrected chi connectivity index (χ3v) is 5.02. The highest BCUT2D eigenvalue weighted by Gasteiger charge is 2.14. The Kier molecular flexibility index (Phi) is 5.31. The molecule has 1 aromatic carbocycles. The molecule has 1 heterocycles. The number of ether oxygens (including phenoxy) is 1. The van der Waals surface area contributed by atoms with Gasteiger partial charge < -0.3 is 4.74 Å². The topological polar surface area (TPSA) is 9.23 Å². The molecule has 1 unspecified atom stereocenters. The molecule has 0 amide bonds. The van der Waals surface area contributed by atoms with E-state index in [2.05, 4.69) is 41.9 Å². The van der Waals surface area contributed by atoms with Gasteiger partial charge in [-0.15, -0.1) is 22.9 Å². The molecule has 2 aromatic rings. The van der Waals surface area contributed by atoms with Crippen LogP contribution in [-0.2, 0) is 0 Å². The van der Waals surface area contributed by atoms with Crippen molar-refractivity contribution in [2.24, 2.45) is 0 Å². The number of rotatable bonds is 5. The zero-order chi connectivity index (χ0) is 13.8. The zero-order valence-corrected chi connectivity index (χ0v) is 14.1. The number of alkyl halides is 1. The van der Waals surface area contributed by atoms with Crippen molar-refractivity contribution in [3.63, 3.8) is 0 Å². The van der Waals surface area contributed by atoms with Crippen molar-refractivity contribution in [2.75, 3.05) is 6.61 Å². The minimum Gasteiger partial charge on any atom is -0.492 e. The van der Waals surface area contributed by atoms with E-state index in [-0.39, 0.29) is 5.38 Å². The second-order valence-corrected chi connectivity index (χ2v) is 6.96. The fraction of sp³-hybridized carbons (Fsp3) is 0.333. The molecule has 0 spiro atoms. The third-order valence-electron chi connectivity index (χ3n) is 2.72. The number of halogens is 2. The molecule has 0 saturated carbocycles. The zero-order valence-electron chi connectivity index (χ0n) is 11.0. The van der Waals surface area contributed by atoms with Crippen LogP contribution in [0.3, 0.4) is 0 Å². The van der Waals surface area contributed by atoms with Crippen LogP contribution in [0.15, 0.2) is 34.8 Å². The van der Waals surface area contributed by atoms with Gasteiger partial charge in [0.2, 0.25) is 0 Å². The summed E-state index contributed by atoms with van der Waals surface area (Å²) in [5, 5.41) is -0.102. The maximum absolute atomic E-state index is 6.52. The number of hydrogen-bond acceptors (Lipinski definition) is 2. The Hall–Kier alpha value is -0.510. The standard InChI is InChI=1S/C15H16BrClOS/c1-3-8-18-13-6-5-11(9-12(13)16)15(17)14-7-4-10(2)19-14/h4-7,9,15H,3,8H2,1-2H3. The molecule has 0 aliphatic carbocycles. The Balaban J connectivity index is 2.19. The summed E-state index contributed by atoms with van der Waals surface area (Å²) >= 11 is 11.8. The molecule has 0 fully saturated rings. The summed E-state index contributed by atoms with van der Waals surface area (Å²) in [6.07, 6.45) is 1.00. The summed E-state index contributed by atoms with van der Waals surface area (Å²) in [5.41, 5.74) is 1.08. The van der Waals surface area contributed by atoms with Gasteiger partial charge in [-0.05, 0) is 59.1 Å². The Labute approximate surface area is 131 Å². The first-order valence-corrected chi connectivity index (χ1v) is 8.29. The molecule has 0 bridgehead atoms. The lowest BCUT2D eigenvalue weighted by atomic mass is 10.1. The maximum atomic E-state index is 6.52. The lowest BCUT2D eigenvalue weighted by Gasteiger charge is -2.12. The summed E-state index contributed by atoms with van der Waals surface area (Å²) in [6, 6.07) is 10.2. The van der Waals surface area contributed by atoms with Gasteiger partial charge in [-0.25, -0.2) is 0 Å². The quantitative estimate of drug-likeness (QED) is 0.601. The van der Waals surface area contributed by atoms with Crippen molar-refractivity contribution in [3.05, 3.63) is 50.1 Å². The Bertz CT molecular complexity index is 553. The SMILES string of the molecule is CCCOc1ccc(C(Cl)c2ccc(C)s2)cc1Br. The molecule has 19 heavy (non-hydrogen) atoms. The summed E-state index contributed by atoms with van der Waals surface area (Å²) < 4.78 is 6.60. The van der Waals surface area contributed by atoms with Crippen molar-refractivity contribution in [1.82, 2.24) is 0 Å². The van der Waals surface area contributed by atoms with Crippen molar-refractivity contribution in [1.29, 1.82) is 0 Å². The van der Waals surface area contributed by atoms with E-state index < -0.39 is 0 Å². The first-order valence-electron chi connectivity index (χ1n) is 6.24. The van der Waals surface area contributed by atoms with E-state index in [1.54, 1.807) is 11.3 Å². The highest BCUT2D eigenvalue weighted by atomic mass is 79.9. The number of aryl methyl sites for hydroxylation is 1. The number of benzene rings is 1. The monoisotopic (exact) mass is 358 g/mol. The van der Waals surface area contributed by atoms with E-state index in [0.29, 0.717) is 0 Å². The molecule has 0 aliphatic heterocycles. The fourth-order valence-electron chi connectivity index (χ4n) is 1.76. The second kappa shape index (κ2) is 6.78. The van der Waals surface area contributed by atoms with Gasteiger partial charge >= 0.3 is 0 Å². The van der Waals surface area contributed by atoms with Crippen molar-refractivity contribution < 1.29 is 4.74 Å². The van der Waals surface area contributed by atoms with Gasteiger partial charge in [0.05, 0.1) is 16.5 Å². The molecule has 4 heteroatoms. The maximum Gasteiger partial charge on any atom is 0.133 e. The molecule has 0 radical (unpaired) electrons. The molecule has 2 rings (SSSR count). The minimum absolute atomic E-state index is 0.102. The van der Waals surface area contributed by atoms with Crippen LogP contribution >= 0.6 is 38.9 Å². The van der Waals surface area contributed by atoms with Crippen LogP contribution in [0.4, 0.5) is 0 Å². The normalized spacial score (nSPS) is 12.4. The second-order valence-electron chi connectivity index (χ2n) is 4.35. The number of hydrogen-bond donors (Lipinski definition) is 0. The van der Waals surface area contributed by atoms with E-state index in [1.165, 1.54) is 9.75 Å². The summed E-state index contributed by atoms with van der Waals surface area (Å²) in [5.74, 6) is 0.872. The molecule has 1 nitrogen and oxygen atoms in total. The highest BCUT2D eigenvalue weighted by Crippen LogP contribution is 2.36. The largest absolute Gasteiger partial charge is 0.492 e. The summed E-state index contributed by atoms with van der Waals surface area (Å²) in [6.45, 7) is 4.91. The van der Waals surface area contributed by atoms with Crippen LogP contribution < -0.4 is 4.74 Å². The predicted molar refractivity (Wildman–Crippen MR) is 86.7 cm³/mol. The average Bonchev–Trinajstić information content (AvgIpc) is 2.83. The smallest absolute Gasteiger partial charge is 0.133 e.